The molecule has 8 nitrogen and oxygen atoms in total. The number of aliphatic carboxylic acids is 1. The summed E-state index contributed by atoms with van der Waals surface area (Å²) in [6.45, 7) is 2.11. The molecule has 0 fully saturated rings. The van der Waals surface area contributed by atoms with Gasteiger partial charge in [0.05, 0.1) is 12.5 Å². The average Bonchev–Trinajstić information content (AvgIpc) is 2.06. The SMILES string of the molecule is CCCCCCC(=O)O.CS(=O)(=O)O.CS(=O)(=O)O. The van der Waals surface area contributed by atoms with Crippen molar-refractivity contribution in [1.82, 2.24) is 0 Å². The van der Waals surface area contributed by atoms with Gasteiger partial charge in [-0.05, 0) is 6.42 Å². The minimum Gasteiger partial charge on any atom is -0.481 e. The Kier molecular flexibility index (Phi) is 15.2. The van der Waals surface area contributed by atoms with Crippen LogP contribution in [-0.2, 0) is 25.0 Å². The van der Waals surface area contributed by atoms with Gasteiger partial charge >= 0.3 is 5.97 Å². The molecule has 118 valence electrons. The number of unbranched alkanes of at least 4 members (excludes halogenated alkanes) is 3. The van der Waals surface area contributed by atoms with Crippen LogP contribution in [0.1, 0.15) is 39.0 Å². The second-order valence-corrected chi connectivity index (χ2v) is 6.60. The highest BCUT2D eigenvalue weighted by atomic mass is 32.2. The largest absolute Gasteiger partial charge is 0.481 e. The second-order valence-electron chi connectivity index (χ2n) is 3.67. The third-order valence-corrected chi connectivity index (χ3v) is 1.24. The Balaban J connectivity index is -0.000000219. The van der Waals surface area contributed by atoms with E-state index < -0.39 is 26.2 Å². The minimum atomic E-state index is -3.67. The van der Waals surface area contributed by atoms with Gasteiger partial charge in [-0.15, -0.1) is 0 Å². The van der Waals surface area contributed by atoms with Crippen LogP contribution in [0.15, 0.2) is 0 Å². The zero-order chi connectivity index (χ0) is 16.1. The van der Waals surface area contributed by atoms with E-state index in [2.05, 4.69) is 6.92 Å². The molecule has 3 N–H and O–H groups in total. The Labute approximate surface area is 114 Å². The molecule has 0 bridgehead atoms. The molecular formula is C9H22O8S2. The maximum atomic E-state index is 9.96. The molecule has 0 spiro atoms. The molecule has 0 heterocycles. The Hall–Kier alpha value is -0.710. The molecule has 0 unspecified atom stereocenters. The normalized spacial score (nSPS) is 10.6. The summed E-state index contributed by atoms with van der Waals surface area (Å²) < 4.78 is 51.7. The minimum absolute atomic E-state index is 0.333. The summed E-state index contributed by atoms with van der Waals surface area (Å²) in [5.74, 6) is -0.675. The molecule has 0 aromatic rings. The van der Waals surface area contributed by atoms with Crippen LogP contribution >= 0.6 is 0 Å². The average molecular weight is 322 g/mol. The van der Waals surface area contributed by atoms with E-state index in [1.807, 2.05) is 0 Å². The number of carbonyl (C=O) groups is 1. The van der Waals surface area contributed by atoms with Gasteiger partial charge in [0.2, 0.25) is 0 Å². The van der Waals surface area contributed by atoms with Crippen molar-refractivity contribution in [2.75, 3.05) is 12.5 Å². The van der Waals surface area contributed by atoms with Gasteiger partial charge in [0, 0.05) is 6.42 Å². The lowest BCUT2D eigenvalue weighted by molar-refractivity contribution is -0.137. The molecule has 0 radical (unpaired) electrons. The van der Waals surface area contributed by atoms with Crippen LogP contribution in [-0.4, -0.2) is 49.5 Å². The summed E-state index contributed by atoms with van der Waals surface area (Å²) in [6, 6.07) is 0. The fourth-order valence-corrected chi connectivity index (χ4v) is 0.703. The molecule has 0 rings (SSSR count). The number of hydrogen-bond donors (Lipinski definition) is 3. The van der Waals surface area contributed by atoms with Crippen LogP contribution in [0, 0.1) is 0 Å². The second kappa shape index (κ2) is 12.3. The summed E-state index contributed by atoms with van der Waals surface area (Å²) in [5.41, 5.74) is 0. The first-order valence-electron chi connectivity index (χ1n) is 5.34. The Morgan fingerprint density at radius 3 is 1.42 bits per heavy atom. The van der Waals surface area contributed by atoms with Crippen LogP contribution < -0.4 is 0 Å². The van der Waals surface area contributed by atoms with Crippen LogP contribution in [0.3, 0.4) is 0 Å². The van der Waals surface area contributed by atoms with Crippen LogP contribution in [0.4, 0.5) is 0 Å². The van der Waals surface area contributed by atoms with Gasteiger partial charge in [-0.3, -0.25) is 13.9 Å². The van der Waals surface area contributed by atoms with Crippen LogP contribution in [0.2, 0.25) is 0 Å². The van der Waals surface area contributed by atoms with Gasteiger partial charge in [0.25, 0.3) is 20.2 Å². The van der Waals surface area contributed by atoms with Crippen molar-refractivity contribution in [3.8, 4) is 0 Å². The van der Waals surface area contributed by atoms with E-state index in [0.717, 1.165) is 19.3 Å². The van der Waals surface area contributed by atoms with E-state index in [1.54, 1.807) is 0 Å². The van der Waals surface area contributed by atoms with Crippen molar-refractivity contribution in [1.29, 1.82) is 0 Å². The summed E-state index contributed by atoms with van der Waals surface area (Å²) in [6.07, 6.45) is 5.98. The highest BCUT2D eigenvalue weighted by molar-refractivity contribution is 7.85. The lowest BCUT2D eigenvalue weighted by Gasteiger charge is -1.92. The quantitative estimate of drug-likeness (QED) is 0.502. The number of rotatable bonds is 5. The van der Waals surface area contributed by atoms with E-state index in [4.69, 9.17) is 14.2 Å². The molecule has 19 heavy (non-hydrogen) atoms. The third-order valence-electron chi connectivity index (χ3n) is 1.24. The molecule has 0 atom stereocenters. The molecule has 0 aliphatic heterocycles. The lowest BCUT2D eigenvalue weighted by atomic mass is 10.2. The lowest BCUT2D eigenvalue weighted by Crippen LogP contribution is -1.92. The summed E-state index contributed by atoms with van der Waals surface area (Å²) in [7, 11) is -7.33. The van der Waals surface area contributed by atoms with Gasteiger partial charge in [-0.25, -0.2) is 0 Å². The fraction of sp³-hybridized carbons (Fsp3) is 0.889. The first-order valence-corrected chi connectivity index (χ1v) is 9.03. The van der Waals surface area contributed by atoms with Crippen molar-refractivity contribution in [2.24, 2.45) is 0 Å². The molecule has 0 aromatic heterocycles. The van der Waals surface area contributed by atoms with Crippen molar-refractivity contribution in [3.63, 3.8) is 0 Å². The Morgan fingerprint density at radius 1 is 0.895 bits per heavy atom. The first-order chi connectivity index (χ1) is 8.27. The van der Waals surface area contributed by atoms with Gasteiger partial charge in [-0.1, -0.05) is 26.2 Å². The monoisotopic (exact) mass is 322 g/mol. The molecule has 0 aromatic carbocycles. The Bertz CT molecular complexity index is 364. The van der Waals surface area contributed by atoms with Crippen molar-refractivity contribution in [2.45, 2.75) is 39.0 Å². The third kappa shape index (κ3) is 144. The van der Waals surface area contributed by atoms with Crippen LogP contribution in [0.25, 0.3) is 0 Å². The predicted octanol–water partition coefficient (Wildman–Crippen LogP) is 1.05. The summed E-state index contributed by atoms with van der Waals surface area (Å²) in [4.78, 5) is 9.96. The first kappa shape index (κ1) is 23.4. The number of carboxylic acid groups (broad SMARTS) is 1. The van der Waals surface area contributed by atoms with E-state index in [9.17, 15) is 21.6 Å². The molecule has 0 aliphatic rings. The zero-order valence-corrected chi connectivity index (χ0v) is 12.9. The highest BCUT2D eigenvalue weighted by Crippen LogP contribution is 2.01. The molecule has 0 saturated carbocycles. The Morgan fingerprint density at radius 2 is 1.21 bits per heavy atom. The van der Waals surface area contributed by atoms with E-state index >= 15 is 0 Å². The summed E-state index contributed by atoms with van der Waals surface area (Å²) >= 11 is 0. The van der Waals surface area contributed by atoms with E-state index in [-0.39, 0.29) is 0 Å². The van der Waals surface area contributed by atoms with E-state index in [1.165, 1.54) is 6.42 Å². The molecular weight excluding hydrogens is 300 g/mol. The standard InChI is InChI=1S/C7H14O2.2CH4O3S/c1-2-3-4-5-6-7(8)9;2*1-5(2,3)4/h2-6H2,1H3,(H,8,9);2*1H3,(H,2,3,4). The predicted molar refractivity (Wildman–Crippen MR) is 71.3 cm³/mol. The molecule has 0 amide bonds. The van der Waals surface area contributed by atoms with Gasteiger partial charge < -0.3 is 5.11 Å². The van der Waals surface area contributed by atoms with Crippen molar-refractivity contribution >= 4 is 26.2 Å². The molecule has 0 saturated heterocycles. The molecule has 10 heteroatoms. The maximum absolute atomic E-state index is 9.96. The van der Waals surface area contributed by atoms with Crippen molar-refractivity contribution in [3.05, 3.63) is 0 Å². The summed E-state index contributed by atoms with van der Waals surface area (Å²) in [5, 5.41) is 8.21. The fourth-order valence-electron chi connectivity index (χ4n) is 0.703. The van der Waals surface area contributed by atoms with Crippen LogP contribution in [0.5, 0.6) is 0 Å². The maximum Gasteiger partial charge on any atom is 0.303 e. The number of hydrogen-bond acceptors (Lipinski definition) is 5. The van der Waals surface area contributed by atoms with Gasteiger partial charge in [0.15, 0.2) is 0 Å². The topological polar surface area (TPSA) is 146 Å². The van der Waals surface area contributed by atoms with Gasteiger partial charge in [-0.2, -0.15) is 16.8 Å². The smallest absolute Gasteiger partial charge is 0.303 e. The zero-order valence-electron chi connectivity index (χ0n) is 11.2. The van der Waals surface area contributed by atoms with E-state index in [0.29, 0.717) is 18.9 Å². The van der Waals surface area contributed by atoms with Gasteiger partial charge in [0.1, 0.15) is 0 Å². The van der Waals surface area contributed by atoms with Crippen molar-refractivity contribution < 1.29 is 35.8 Å². The molecule has 0 aliphatic carbocycles. The number of carboxylic acids is 1. The highest BCUT2D eigenvalue weighted by Gasteiger charge is 1.93.